The number of amides is 1. The van der Waals surface area contributed by atoms with Crippen molar-refractivity contribution in [2.24, 2.45) is 34.5 Å². The number of aliphatic hydroxyl groups is 1. The highest BCUT2D eigenvalue weighted by Gasteiger charge is 2.61. The van der Waals surface area contributed by atoms with Crippen LogP contribution in [0.15, 0.2) is 0 Å². The number of hydrogen-bond acceptors (Lipinski definition) is 2. The van der Waals surface area contributed by atoms with Crippen LogP contribution in [0.3, 0.4) is 0 Å². The molecule has 3 heteroatoms. The van der Waals surface area contributed by atoms with Gasteiger partial charge in [-0.15, -0.1) is 0 Å². The van der Waals surface area contributed by atoms with E-state index in [0.29, 0.717) is 24.3 Å². The van der Waals surface area contributed by atoms with Crippen molar-refractivity contribution in [3.8, 4) is 0 Å². The lowest BCUT2D eigenvalue weighted by atomic mass is 9.47. The molecule has 3 unspecified atom stereocenters. The Kier molecular flexibility index (Phi) is 3.21. The molecule has 3 saturated carbocycles. The molecule has 1 amide bonds. The van der Waals surface area contributed by atoms with Gasteiger partial charge in [-0.25, -0.2) is 0 Å². The van der Waals surface area contributed by atoms with Gasteiger partial charge >= 0.3 is 0 Å². The molecule has 0 aromatic heterocycles. The molecule has 3 aliphatic carbocycles. The Bertz CT molecular complexity index is 492. The molecular weight excluding hydrogens is 274 g/mol. The van der Waals surface area contributed by atoms with Crippen LogP contribution < -0.4 is 5.32 Å². The molecule has 0 bridgehead atoms. The summed E-state index contributed by atoms with van der Waals surface area (Å²) in [4.78, 5) is 11.8. The monoisotopic (exact) mass is 305 g/mol. The van der Waals surface area contributed by atoms with Crippen molar-refractivity contribution in [3.63, 3.8) is 0 Å². The summed E-state index contributed by atoms with van der Waals surface area (Å²) in [7, 11) is 0. The summed E-state index contributed by atoms with van der Waals surface area (Å²) in [6.45, 7) is 7.14. The number of hydrogen-bond donors (Lipinski definition) is 2. The first-order valence-corrected chi connectivity index (χ1v) is 9.33. The van der Waals surface area contributed by atoms with E-state index in [4.69, 9.17) is 0 Å². The average Bonchev–Trinajstić information content (AvgIpc) is 2.70. The summed E-state index contributed by atoms with van der Waals surface area (Å²) >= 11 is 0. The zero-order valence-electron chi connectivity index (χ0n) is 14.3. The zero-order valence-corrected chi connectivity index (χ0v) is 14.3. The van der Waals surface area contributed by atoms with Crippen LogP contribution in [0.25, 0.3) is 0 Å². The third kappa shape index (κ3) is 1.81. The number of nitrogens with one attached hydrogen (secondary N) is 1. The Morgan fingerprint density at radius 1 is 1.14 bits per heavy atom. The van der Waals surface area contributed by atoms with Gasteiger partial charge in [0.25, 0.3) is 0 Å². The Hall–Kier alpha value is -0.570. The SMILES string of the molecule is CC1CC(O)[C@@]2(C)CC[C@@H]3[C@@H](CCC4NC(=O)CC[C@@]43C)[C@H]12. The normalized spacial score (nSPS) is 57.5. The van der Waals surface area contributed by atoms with E-state index in [0.717, 1.165) is 31.1 Å². The molecule has 4 aliphatic rings. The predicted octanol–water partition coefficient (Wildman–Crippen LogP) is 3.11. The highest BCUT2D eigenvalue weighted by atomic mass is 16.3. The van der Waals surface area contributed by atoms with Gasteiger partial charge in [0, 0.05) is 12.5 Å². The summed E-state index contributed by atoms with van der Waals surface area (Å²) in [6.07, 6.45) is 7.43. The molecule has 0 spiro atoms. The average molecular weight is 305 g/mol. The molecule has 0 radical (unpaired) electrons. The van der Waals surface area contributed by atoms with Crippen molar-refractivity contribution < 1.29 is 9.90 Å². The highest BCUT2D eigenvalue weighted by molar-refractivity contribution is 5.77. The van der Waals surface area contributed by atoms with Gasteiger partial charge in [-0.3, -0.25) is 4.79 Å². The van der Waals surface area contributed by atoms with E-state index < -0.39 is 0 Å². The molecule has 22 heavy (non-hydrogen) atoms. The highest BCUT2D eigenvalue weighted by Crippen LogP contribution is 2.65. The van der Waals surface area contributed by atoms with Gasteiger partial charge in [-0.2, -0.15) is 0 Å². The van der Waals surface area contributed by atoms with Crippen molar-refractivity contribution in [1.29, 1.82) is 0 Å². The lowest BCUT2D eigenvalue weighted by Crippen LogP contribution is -2.61. The van der Waals surface area contributed by atoms with Crippen LogP contribution >= 0.6 is 0 Å². The summed E-state index contributed by atoms with van der Waals surface area (Å²) in [6, 6.07) is 0.390. The Morgan fingerprint density at radius 2 is 1.91 bits per heavy atom. The predicted molar refractivity (Wildman–Crippen MR) is 86.1 cm³/mol. The minimum Gasteiger partial charge on any atom is -0.393 e. The van der Waals surface area contributed by atoms with Crippen molar-refractivity contribution in [2.45, 2.75) is 77.9 Å². The van der Waals surface area contributed by atoms with E-state index in [-0.39, 0.29) is 22.8 Å². The lowest BCUT2D eigenvalue weighted by molar-refractivity contribution is -0.140. The van der Waals surface area contributed by atoms with Crippen LogP contribution in [0.1, 0.15) is 65.7 Å². The second-order valence-corrected chi connectivity index (χ2v) is 9.27. The number of rotatable bonds is 0. The molecule has 0 aromatic carbocycles. The molecule has 8 atom stereocenters. The molecule has 124 valence electrons. The summed E-state index contributed by atoms with van der Waals surface area (Å²) in [5.74, 6) is 3.06. The summed E-state index contributed by atoms with van der Waals surface area (Å²) in [5.41, 5.74) is 0.424. The third-order valence-corrected chi connectivity index (χ3v) is 8.36. The maximum absolute atomic E-state index is 11.8. The van der Waals surface area contributed by atoms with Crippen molar-refractivity contribution in [1.82, 2.24) is 5.32 Å². The quantitative estimate of drug-likeness (QED) is 0.722. The van der Waals surface area contributed by atoms with Crippen LogP contribution in [-0.2, 0) is 4.79 Å². The first kappa shape index (κ1) is 15.0. The van der Waals surface area contributed by atoms with Crippen molar-refractivity contribution >= 4 is 5.91 Å². The minimum absolute atomic E-state index is 0.106. The van der Waals surface area contributed by atoms with Gasteiger partial charge in [-0.05, 0) is 73.0 Å². The largest absolute Gasteiger partial charge is 0.393 e. The summed E-state index contributed by atoms with van der Waals surface area (Å²) < 4.78 is 0. The smallest absolute Gasteiger partial charge is 0.220 e. The third-order valence-electron chi connectivity index (χ3n) is 8.36. The van der Waals surface area contributed by atoms with E-state index in [1.807, 2.05) is 0 Å². The summed E-state index contributed by atoms with van der Waals surface area (Å²) in [5, 5.41) is 13.9. The van der Waals surface area contributed by atoms with Crippen molar-refractivity contribution in [2.75, 3.05) is 0 Å². The Labute approximate surface area is 134 Å². The number of carbonyl (C=O) groups excluding carboxylic acids is 1. The molecule has 1 aliphatic heterocycles. The van der Waals surface area contributed by atoms with E-state index in [1.165, 1.54) is 19.3 Å². The van der Waals surface area contributed by atoms with Crippen LogP contribution in [0, 0.1) is 34.5 Å². The molecule has 1 heterocycles. The lowest BCUT2D eigenvalue weighted by Gasteiger charge is -2.60. The Balaban J connectivity index is 1.66. The fourth-order valence-electron chi connectivity index (χ4n) is 7.21. The standard InChI is InChI=1S/C19H31NO2/c1-11-10-15(21)19(3)8-6-13-12(17(11)19)4-5-14-18(13,2)9-7-16(22)20-14/h11-15,17,21H,4-10H2,1-3H3,(H,20,22)/t11?,12-,13-,14?,15?,17+,18-,19-/m1/s1. The second kappa shape index (κ2) is 4.72. The van der Waals surface area contributed by atoms with E-state index in [9.17, 15) is 9.90 Å². The molecule has 4 fully saturated rings. The van der Waals surface area contributed by atoms with E-state index >= 15 is 0 Å². The van der Waals surface area contributed by atoms with Gasteiger partial charge in [0.1, 0.15) is 0 Å². The Morgan fingerprint density at radius 3 is 2.68 bits per heavy atom. The van der Waals surface area contributed by atoms with Crippen LogP contribution in [0.2, 0.25) is 0 Å². The van der Waals surface area contributed by atoms with Crippen LogP contribution in [0.4, 0.5) is 0 Å². The maximum atomic E-state index is 11.8. The van der Waals surface area contributed by atoms with Gasteiger partial charge in [-0.1, -0.05) is 20.8 Å². The van der Waals surface area contributed by atoms with Gasteiger partial charge in [0.05, 0.1) is 6.10 Å². The van der Waals surface area contributed by atoms with Crippen molar-refractivity contribution in [3.05, 3.63) is 0 Å². The van der Waals surface area contributed by atoms with Gasteiger partial charge < -0.3 is 10.4 Å². The second-order valence-electron chi connectivity index (χ2n) is 9.27. The number of piperidine rings is 1. The topological polar surface area (TPSA) is 49.3 Å². The number of fused-ring (bicyclic) bond motifs is 5. The maximum Gasteiger partial charge on any atom is 0.220 e. The molecule has 1 saturated heterocycles. The van der Waals surface area contributed by atoms with E-state index in [1.54, 1.807) is 0 Å². The first-order chi connectivity index (χ1) is 10.4. The number of aliphatic hydroxyl groups excluding tert-OH is 1. The van der Waals surface area contributed by atoms with Crippen LogP contribution in [-0.4, -0.2) is 23.2 Å². The number of carbonyl (C=O) groups is 1. The fraction of sp³-hybridized carbons (Fsp3) is 0.947. The molecule has 4 rings (SSSR count). The minimum atomic E-state index is -0.106. The molecule has 0 aromatic rings. The molecular formula is C19H31NO2. The fourth-order valence-corrected chi connectivity index (χ4v) is 7.21. The molecule has 3 nitrogen and oxygen atoms in total. The first-order valence-electron chi connectivity index (χ1n) is 9.33. The van der Waals surface area contributed by atoms with Gasteiger partial charge in [0.15, 0.2) is 0 Å². The molecule has 2 N–H and O–H groups in total. The zero-order chi connectivity index (χ0) is 15.7. The van der Waals surface area contributed by atoms with Crippen LogP contribution in [0.5, 0.6) is 0 Å². The van der Waals surface area contributed by atoms with Gasteiger partial charge in [0.2, 0.25) is 5.91 Å². The van der Waals surface area contributed by atoms with E-state index in [2.05, 4.69) is 26.1 Å².